The predicted molar refractivity (Wildman–Crippen MR) is 278 cm³/mol. The van der Waals surface area contributed by atoms with Gasteiger partial charge < -0.3 is 0 Å². The van der Waals surface area contributed by atoms with E-state index in [4.69, 9.17) is 0 Å². The first kappa shape index (κ1) is 36.5. The van der Waals surface area contributed by atoms with E-state index in [1.807, 2.05) is 34.0 Å². The van der Waals surface area contributed by atoms with E-state index in [1.54, 1.807) is 0 Å². The van der Waals surface area contributed by atoms with Gasteiger partial charge in [-0.25, -0.2) is 0 Å². The zero-order valence-electron chi connectivity index (χ0n) is 34.0. The van der Waals surface area contributed by atoms with Crippen molar-refractivity contribution in [2.75, 3.05) is 0 Å². The second-order valence-corrected chi connectivity index (χ2v) is 19.5. The molecule has 0 saturated heterocycles. The van der Waals surface area contributed by atoms with Gasteiger partial charge >= 0.3 is 0 Å². The number of fused-ring (bicyclic) bond motifs is 9. The first-order valence-corrected chi connectivity index (χ1v) is 23.8. The van der Waals surface area contributed by atoms with Crippen molar-refractivity contribution in [3.63, 3.8) is 0 Å². The Morgan fingerprint density at radius 3 is 0.794 bits per heavy atom. The fraction of sp³-hybridized carbons (Fsp3) is 0. The Labute approximate surface area is 377 Å². The van der Waals surface area contributed by atoms with E-state index in [1.165, 1.54) is 127 Å². The van der Waals surface area contributed by atoms with Gasteiger partial charge in [-0.1, -0.05) is 182 Å². The minimum absolute atomic E-state index is 1.22. The van der Waals surface area contributed by atoms with Crippen molar-refractivity contribution >= 4 is 94.5 Å². The summed E-state index contributed by atoms with van der Waals surface area (Å²) in [6.45, 7) is 0. The second-order valence-electron chi connectivity index (χ2n) is 16.4. The molecule has 0 aliphatic heterocycles. The molecule has 13 rings (SSSR count). The zero-order chi connectivity index (χ0) is 41.4. The van der Waals surface area contributed by atoms with Crippen LogP contribution < -0.4 is 0 Å². The van der Waals surface area contributed by atoms with Gasteiger partial charge in [-0.3, -0.25) is 0 Å². The van der Waals surface area contributed by atoms with Gasteiger partial charge in [-0.15, -0.1) is 34.0 Å². The van der Waals surface area contributed by atoms with Crippen LogP contribution >= 0.6 is 34.0 Å². The number of rotatable bonds is 6. The molecule has 294 valence electrons. The van der Waals surface area contributed by atoms with Crippen molar-refractivity contribution in [3.05, 3.63) is 218 Å². The highest BCUT2D eigenvalue weighted by Gasteiger charge is 2.17. The van der Waals surface area contributed by atoms with Crippen molar-refractivity contribution in [3.8, 4) is 66.8 Å². The lowest BCUT2D eigenvalue weighted by atomic mass is 9.94. The summed E-state index contributed by atoms with van der Waals surface area (Å²) in [6.07, 6.45) is 0. The number of benzene rings is 10. The molecular formula is C60H36S3. The quantitative estimate of drug-likeness (QED) is 0.156. The van der Waals surface area contributed by atoms with E-state index in [0.29, 0.717) is 0 Å². The summed E-state index contributed by atoms with van der Waals surface area (Å²) in [5.41, 5.74) is 15.0. The Kier molecular flexibility index (Phi) is 8.55. The van der Waals surface area contributed by atoms with Crippen LogP contribution in [0.5, 0.6) is 0 Å². The highest BCUT2D eigenvalue weighted by Crippen LogP contribution is 2.46. The summed E-state index contributed by atoms with van der Waals surface area (Å²) in [6, 6.07) is 80.9. The second kappa shape index (κ2) is 14.8. The minimum Gasteiger partial charge on any atom is -0.135 e. The Hall–Kier alpha value is -7.14. The Balaban J connectivity index is 0.863. The highest BCUT2D eigenvalue weighted by molar-refractivity contribution is 7.27. The Morgan fingerprint density at radius 2 is 0.444 bits per heavy atom. The third-order valence-corrected chi connectivity index (χ3v) is 16.4. The van der Waals surface area contributed by atoms with E-state index in [2.05, 4.69) is 218 Å². The van der Waals surface area contributed by atoms with Crippen LogP contribution in [0.2, 0.25) is 0 Å². The number of hydrogen-bond donors (Lipinski definition) is 0. The molecule has 0 N–H and O–H groups in total. The minimum atomic E-state index is 1.22. The van der Waals surface area contributed by atoms with Crippen molar-refractivity contribution in [2.45, 2.75) is 0 Å². The molecule has 0 atom stereocenters. The van der Waals surface area contributed by atoms with Crippen LogP contribution in [0, 0.1) is 0 Å². The van der Waals surface area contributed by atoms with Crippen LogP contribution in [0.3, 0.4) is 0 Å². The maximum Gasteiger partial charge on any atom is 0.0434 e. The average Bonchev–Trinajstić information content (AvgIpc) is 4.06. The van der Waals surface area contributed by atoms with Crippen LogP contribution in [0.25, 0.3) is 127 Å². The molecule has 0 unspecified atom stereocenters. The molecule has 0 saturated carbocycles. The van der Waals surface area contributed by atoms with Crippen LogP contribution in [-0.4, -0.2) is 0 Å². The summed E-state index contributed by atoms with van der Waals surface area (Å²) >= 11 is 5.69. The van der Waals surface area contributed by atoms with Gasteiger partial charge in [0.25, 0.3) is 0 Å². The largest absolute Gasteiger partial charge is 0.135 e. The summed E-state index contributed by atoms with van der Waals surface area (Å²) in [5, 5.41) is 7.93. The lowest BCUT2D eigenvalue weighted by Crippen LogP contribution is -1.84. The van der Waals surface area contributed by atoms with Gasteiger partial charge in [-0.05, 0) is 103 Å². The monoisotopic (exact) mass is 852 g/mol. The number of thiophene rings is 3. The van der Waals surface area contributed by atoms with Crippen LogP contribution in [0.4, 0.5) is 0 Å². The lowest BCUT2D eigenvalue weighted by molar-refractivity contribution is 1.60. The molecule has 0 radical (unpaired) electrons. The molecule has 3 aromatic heterocycles. The summed E-state index contributed by atoms with van der Waals surface area (Å²) in [4.78, 5) is 0. The van der Waals surface area contributed by atoms with Crippen LogP contribution in [0.15, 0.2) is 218 Å². The molecule has 0 aliphatic carbocycles. The molecule has 0 fully saturated rings. The van der Waals surface area contributed by atoms with Gasteiger partial charge in [0.05, 0.1) is 0 Å². The third kappa shape index (κ3) is 6.07. The molecule has 0 spiro atoms. The van der Waals surface area contributed by atoms with E-state index in [-0.39, 0.29) is 0 Å². The van der Waals surface area contributed by atoms with Crippen molar-refractivity contribution in [1.82, 2.24) is 0 Å². The van der Waals surface area contributed by atoms with Crippen molar-refractivity contribution in [1.29, 1.82) is 0 Å². The van der Waals surface area contributed by atoms with E-state index in [9.17, 15) is 0 Å². The molecule has 3 heteroatoms. The standard InChI is InChI=1S/C60H36S3/c1-3-31-55-49(21-1)51-27-9-23-45(57(51)61-55)41-17-5-13-37(33-41)39-15-7-19-43(35-39)47-25-11-29-53-54-30-12-26-48(60(54)63-59(47)53)44-20-8-16-40(36-44)38-14-6-18-42(34-38)46-24-10-28-52-50-22-2-4-32-56(50)62-58(46)52/h1-36H. The molecule has 63 heavy (non-hydrogen) atoms. The highest BCUT2D eigenvalue weighted by atomic mass is 32.1. The molecule has 0 nitrogen and oxygen atoms in total. The fourth-order valence-electron chi connectivity index (χ4n) is 9.69. The predicted octanol–water partition coefficient (Wildman–Crippen LogP) is 18.8. The van der Waals surface area contributed by atoms with Gasteiger partial charge in [0.1, 0.15) is 0 Å². The van der Waals surface area contributed by atoms with Gasteiger partial charge in [0.15, 0.2) is 0 Å². The van der Waals surface area contributed by atoms with Crippen molar-refractivity contribution in [2.24, 2.45) is 0 Å². The Morgan fingerprint density at radius 1 is 0.190 bits per heavy atom. The van der Waals surface area contributed by atoms with Crippen LogP contribution in [-0.2, 0) is 0 Å². The Bertz CT molecular complexity index is 3680. The third-order valence-electron chi connectivity index (χ3n) is 12.7. The van der Waals surface area contributed by atoms with E-state index < -0.39 is 0 Å². The summed E-state index contributed by atoms with van der Waals surface area (Å²) in [5.74, 6) is 0. The normalized spacial score (nSPS) is 11.8. The average molecular weight is 853 g/mol. The molecule has 13 aromatic rings. The maximum absolute atomic E-state index is 2.37. The van der Waals surface area contributed by atoms with Gasteiger partial charge in [-0.2, -0.15) is 0 Å². The smallest absolute Gasteiger partial charge is 0.0434 e. The van der Waals surface area contributed by atoms with E-state index >= 15 is 0 Å². The molecule has 10 aromatic carbocycles. The summed E-state index contributed by atoms with van der Waals surface area (Å²) < 4.78 is 8.00. The first-order chi connectivity index (χ1) is 31.2. The zero-order valence-corrected chi connectivity index (χ0v) is 36.5. The van der Waals surface area contributed by atoms with Crippen LogP contribution in [0.1, 0.15) is 0 Å². The van der Waals surface area contributed by atoms with Crippen molar-refractivity contribution < 1.29 is 0 Å². The first-order valence-electron chi connectivity index (χ1n) is 21.4. The van der Waals surface area contributed by atoms with Gasteiger partial charge in [0.2, 0.25) is 0 Å². The fourth-order valence-corrected chi connectivity index (χ4v) is 13.5. The topological polar surface area (TPSA) is 0 Å². The number of hydrogen-bond acceptors (Lipinski definition) is 3. The van der Waals surface area contributed by atoms with Gasteiger partial charge in [0, 0.05) is 60.5 Å². The maximum atomic E-state index is 2.37. The lowest BCUT2D eigenvalue weighted by Gasteiger charge is -2.10. The molecule has 0 bridgehead atoms. The molecule has 0 amide bonds. The van der Waals surface area contributed by atoms with E-state index in [0.717, 1.165) is 0 Å². The summed E-state index contributed by atoms with van der Waals surface area (Å²) in [7, 11) is 0. The molecule has 3 heterocycles. The SMILES string of the molecule is c1cc(-c2cccc(-c3cccc4c3sc3c(-c5cccc(-c6cccc(-c7cccc8c7sc7ccccc78)c6)c5)cccc34)c2)cc(-c2cccc3c2sc2ccccc23)c1. The molecule has 0 aliphatic rings. The molecular weight excluding hydrogens is 817 g/mol.